The molecule has 0 rings (SSSR count). The van der Waals surface area contributed by atoms with Crippen LogP contribution in [0.3, 0.4) is 0 Å². The van der Waals surface area contributed by atoms with Crippen molar-refractivity contribution in [2.24, 2.45) is 11.3 Å². The van der Waals surface area contributed by atoms with E-state index in [1.54, 1.807) is 0 Å². The largest absolute Gasteiger partial charge is 0.375 e. The van der Waals surface area contributed by atoms with Gasteiger partial charge < -0.3 is 7.80 Å². The molecule has 0 aromatic rings. The molecule has 92 valence electrons. The van der Waals surface area contributed by atoms with Crippen LogP contribution in [0, 0.1) is 11.3 Å². The number of hydrogen-bond acceptors (Lipinski definition) is 2. The molecule has 0 bridgehead atoms. The van der Waals surface area contributed by atoms with Crippen molar-refractivity contribution in [1.82, 2.24) is 0 Å². The Kier molecular flexibility index (Phi) is 6.68. The van der Waals surface area contributed by atoms with E-state index < -0.39 is 0 Å². The SMILES string of the molecule is CC(C)C(C)(C)COC(C)(C)CCOI. The molecule has 0 aromatic heterocycles. The lowest BCUT2D eigenvalue weighted by atomic mass is 9.82. The molecule has 0 aliphatic rings. The van der Waals surface area contributed by atoms with Crippen molar-refractivity contribution < 1.29 is 7.80 Å². The molecule has 0 atom stereocenters. The van der Waals surface area contributed by atoms with Crippen molar-refractivity contribution in [3.05, 3.63) is 0 Å². The molecule has 2 nitrogen and oxygen atoms in total. The van der Waals surface area contributed by atoms with Crippen LogP contribution in [-0.4, -0.2) is 18.8 Å². The Balaban J connectivity index is 4.02. The highest BCUT2D eigenvalue weighted by Crippen LogP contribution is 2.29. The minimum atomic E-state index is -0.0860. The molecule has 0 spiro atoms. The zero-order valence-electron chi connectivity index (χ0n) is 10.9. The van der Waals surface area contributed by atoms with Crippen LogP contribution in [0.15, 0.2) is 0 Å². The van der Waals surface area contributed by atoms with Gasteiger partial charge in [0.25, 0.3) is 0 Å². The maximum Gasteiger partial charge on any atom is 0.109 e. The first-order chi connectivity index (χ1) is 6.71. The van der Waals surface area contributed by atoms with Gasteiger partial charge in [-0.25, -0.2) is 0 Å². The van der Waals surface area contributed by atoms with Gasteiger partial charge in [-0.1, -0.05) is 27.7 Å². The summed E-state index contributed by atoms with van der Waals surface area (Å²) in [6.45, 7) is 14.8. The van der Waals surface area contributed by atoms with Crippen LogP contribution in [0.25, 0.3) is 0 Å². The monoisotopic (exact) mass is 328 g/mol. The normalized spacial score (nSPS) is 13.6. The number of halogens is 1. The van der Waals surface area contributed by atoms with Gasteiger partial charge in [0.05, 0.1) is 18.8 Å². The van der Waals surface area contributed by atoms with Crippen LogP contribution < -0.4 is 0 Å². The predicted octanol–water partition coefficient (Wildman–Crippen LogP) is 4.22. The Morgan fingerprint density at radius 3 is 2.07 bits per heavy atom. The van der Waals surface area contributed by atoms with E-state index in [-0.39, 0.29) is 11.0 Å². The lowest BCUT2D eigenvalue weighted by molar-refractivity contribution is -0.0727. The molecule has 0 aliphatic heterocycles. The van der Waals surface area contributed by atoms with Gasteiger partial charge in [0.1, 0.15) is 23.0 Å². The number of ether oxygens (including phenoxy) is 1. The Bertz CT molecular complexity index is 176. The average Bonchev–Trinajstić information content (AvgIpc) is 2.12. The summed E-state index contributed by atoms with van der Waals surface area (Å²) in [5.41, 5.74) is 0.153. The standard InChI is InChI=1S/C12H25IO2/c1-10(2)11(3,4)9-14-12(5,6)7-8-15-13/h10H,7-9H2,1-6H3. The molecule has 0 unspecified atom stereocenters. The molecule has 15 heavy (non-hydrogen) atoms. The van der Waals surface area contributed by atoms with E-state index in [2.05, 4.69) is 41.5 Å². The topological polar surface area (TPSA) is 18.5 Å². The van der Waals surface area contributed by atoms with Gasteiger partial charge in [0, 0.05) is 6.42 Å². The average molecular weight is 328 g/mol. The van der Waals surface area contributed by atoms with Crippen LogP contribution in [0.1, 0.15) is 48.0 Å². The smallest absolute Gasteiger partial charge is 0.109 e. The van der Waals surface area contributed by atoms with E-state index in [9.17, 15) is 0 Å². The number of rotatable bonds is 7. The Hall–Kier alpha value is 0.650. The molecule has 0 saturated heterocycles. The van der Waals surface area contributed by atoms with Gasteiger partial charge in [-0.05, 0) is 25.2 Å². The van der Waals surface area contributed by atoms with Crippen molar-refractivity contribution in [1.29, 1.82) is 0 Å². The van der Waals surface area contributed by atoms with Crippen LogP contribution in [0.5, 0.6) is 0 Å². The summed E-state index contributed by atoms with van der Waals surface area (Å²) in [5, 5.41) is 0. The Morgan fingerprint density at radius 2 is 1.67 bits per heavy atom. The minimum absolute atomic E-state index is 0.0860. The fourth-order valence-corrected chi connectivity index (χ4v) is 1.12. The summed E-state index contributed by atoms with van der Waals surface area (Å²) in [4.78, 5) is 0. The van der Waals surface area contributed by atoms with E-state index in [4.69, 9.17) is 7.80 Å². The van der Waals surface area contributed by atoms with Crippen molar-refractivity contribution >= 4 is 23.0 Å². The third-order valence-corrected chi connectivity index (χ3v) is 3.62. The summed E-state index contributed by atoms with van der Waals surface area (Å²) in [7, 11) is 0. The minimum Gasteiger partial charge on any atom is -0.375 e. The maximum absolute atomic E-state index is 5.97. The zero-order chi connectivity index (χ0) is 12.1. The molecule has 0 heterocycles. The summed E-state index contributed by atoms with van der Waals surface area (Å²) in [5.74, 6) is 0.633. The third-order valence-electron chi connectivity index (χ3n) is 3.18. The highest BCUT2D eigenvalue weighted by molar-refractivity contribution is 14.1. The van der Waals surface area contributed by atoms with E-state index in [0.717, 1.165) is 19.6 Å². The van der Waals surface area contributed by atoms with E-state index in [0.29, 0.717) is 5.92 Å². The second-order valence-corrected chi connectivity index (χ2v) is 6.38. The van der Waals surface area contributed by atoms with E-state index in [1.807, 2.05) is 23.0 Å². The van der Waals surface area contributed by atoms with Crippen molar-refractivity contribution in [3.63, 3.8) is 0 Å². The first-order valence-corrected chi connectivity index (χ1v) is 6.47. The van der Waals surface area contributed by atoms with Crippen LogP contribution in [0.2, 0.25) is 0 Å². The first-order valence-electron chi connectivity index (χ1n) is 5.59. The molecular weight excluding hydrogens is 303 g/mol. The maximum atomic E-state index is 5.97. The van der Waals surface area contributed by atoms with Crippen LogP contribution >= 0.6 is 23.0 Å². The van der Waals surface area contributed by atoms with Gasteiger partial charge in [-0.15, -0.1) is 0 Å². The highest BCUT2D eigenvalue weighted by atomic mass is 127. The predicted molar refractivity (Wildman–Crippen MR) is 73.2 cm³/mol. The molecule has 0 radical (unpaired) electrons. The Morgan fingerprint density at radius 1 is 1.13 bits per heavy atom. The molecular formula is C12H25IO2. The van der Waals surface area contributed by atoms with Gasteiger partial charge in [-0.3, -0.25) is 0 Å². The lowest BCUT2D eigenvalue weighted by Crippen LogP contribution is -2.34. The molecule has 0 amide bonds. The lowest BCUT2D eigenvalue weighted by Gasteiger charge is -2.34. The molecule has 0 aromatic carbocycles. The van der Waals surface area contributed by atoms with E-state index in [1.165, 1.54) is 0 Å². The quantitative estimate of drug-likeness (QED) is 0.652. The van der Waals surface area contributed by atoms with Crippen LogP contribution in [-0.2, 0) is 7.80 Å². The van der Waals surface area contributed by atoms with Gasteiger partial charge in [0.2, 0.25) is 0 Å². The van der Waals surface area contributed by atoms with E-state index >= 15 is 0 Å². The second-order valence-electron chi connectivity index (χ2n) is 5.75. The molecule has 0 aliphatic carbocycles. The van der Waals surface area contributed by atoms with Crippen molar-refractivity contribution in [2.75, 3.05) is 13.2 Å². The molecule has 0 fully saturated rings. The number of hydrogen-bond donors (Lipinski definition) is 0. The first kappa shape index (κ1) is 15.7. The summed E-state index contributed by atoms with van der Waals surface area (Å²) in [6, 6.07) is 0. The van der Waals surface area contributed by atoms with Crippen molar-refractivity contribution in [2.45, 2.75) is 53.6 Å². The molecule has 0 saturated carbocycles. The summed E-state index contributed by atoms with van der Waals surface area (Å²) < 4.78 is 11.0. The third kappa shape index (κ3) is 6.74. The highest BCUT2D eigenvalue weighted by Gasteiger charge is 2.27. The second kappa shape index (κ2) is 6.40. The van der Waals surface area contributed by atoms with Gasteiger partial charge in [0.15, 0.2) is 0 Å². The zero-order valence-corrected chi connectivity index (χ0v) is 13.1. The Labute approximate surface area is 109 Å². The van der Waals surface area contributed by atoms with Crippen LogP contribution in [0.4, 0.5) is 0 Å². The van der Waals surface area contributed by atoms with Gasteiger partial charge in [-0.2, -0.15) is 0 Å². The molecule has 0 N–H and O–H groups in total. The summed E-state index contributed by atoms with van der Waals surface area (Å²) >= 11 is 1.93. The fourth-order valence-electron chi connectivity index (χ4n) is 0.905. The summed E-state index contributed by atoms with van der Waals surface area (Å²) in [6.07, 6.45) is 0.935. The van der Waals surface area contributed by atoms with Gasteiger partial charge >= 0.3 is 0 Å². The van der Waals surface area contributed by atoms with Crippen molar-refractivity contribution in [3.8, 4) is 0 Å². The fraction of sp³-hybridized carbons (Fsp3) is 1.00. The molecule has 3 heteroatoms.